The molecule has 12 heavy (non-hydrogen) atoms. The van der Waals surface area contributed by atoms with Gasteiger partial charge in [0.2, 0.25) is 0 Å². The lowest BCUT2D eigenvalue weighted by Gasteiger charge is -2.10. The molecule has 1 rings (SSSR count). The average Bonchev–Trinajstić information content (AvgIpc) is 2.03. The van der Waals surface area contributed by atoms with E-state index in [2.05, 4.69) is 15.9 Å². The summed E-state index contributed by atoms with van der Waals surface area (Å²) in [4.78, 5) is 0. The Bertz CT molecular complexity index is 273. The molecule has 0 radical (unpaired) electrons. The summed E-state index contributed by atoms with van der Waals surface area (Å²) in [6.45, 7) is 1.49. The zero-order valence-corrected chi connectivity index (χ0v) is 8.56. The molecular formula is C9H10BrFO. The second kappa shape index (κ2) is 3.90. The highest BCUT2D eigenvalue weighted by molar-refractivity contribution is 9.10. The normalized spacial score (nSPS) is 12.7. The molecule has 0 spiro atoms. The van der Waals surface area contributed by atoms with Gasteiger partial charge in [0.05, 0.1) is 11.6 Å². The fourth-order valence-electron chi connectivity index (χ4n) is 1.05. The Morgan fingerprint density at radius 1 is 1.50 bits per heavy atom. The molecule has 0 aliphatic carbocycles. The van der Waals surface area contributed by atoms with E-state index in [4.69, 9.17) is 4.74 Å². The molecule has 3 heteroatoms. The molecule has 1 atom stereocenters. The van der Waals surface area contributed by atoms with Gasteiger partial charge in [0.1, 0.15) is 11.9 Å². The van der Waals surface area contributed by atoms with Crippen molar-refractivity contribution in [1.82, 2.24) is 0 Å². The van der Waals surface area contributed by atoms with Crippen molar-refractivity contribution in [3.05, 3.63) is 28.2 Å². The Balaban J connectivity index is 3.18. The third-order valence-electron chi connectivity index (χ3n) is 1.63. The molecule has 0 heterocycles. The van der Waals surface area contributed by atoms with Gasteiger partial charge in [-0.25, -0.2) is 4.39 Å². The molecule has 66 valence electrons. The van der Waals surface area contributed by atoms with Crippen LogP contribution in [-0.2, 0) is 0 Å². The zero-order valence-electron chi connectivity index (χ0n) is 6.97. The van der Waals surface area contributed by atoms with Crippen molar-refractivity contribution in [2.45, 2.75) is 13.1 Å². The second-order valence-corrected chi connectivity index (χ2v) is 3.33. The van der Waals surface area contributed by atoms with Crippen molar-refractivity contribution in [3.8, 4) is 5.75 Å². The number of methoxy groups -OCH3 is 1. The number of hydrogen-bond acceptors (Lipinski definition) is 1. The number of benzene rings is 1. The van der Waals surface area contributed by atoms with Crippen LogP contribution < -0.4 is 4.74 Å². The predicted octanol–water partition coefficient (Wildman–Crippen LogP) is 3.49. The minimum Gasteiger partial charge on any atom is -0.495 e. The van der Waals surface area contributed by atoms with E-state index >= 15 is 0 Å². The molecule has 1 aromatic carbocycles. The molecule has 1 nitrogen and oxygen atoms in total. The summed E-state index contributed by atoms with van der Waals surface area (Å²) < 4.78 is 18.8. The molecule has 1 unspecified atom stereocenters. The van der Waals surface area contributed by atoms with E-state index in [1.165, 1.54) is 14.0 Å². The number of halogens is 2. The van der Waals surface area contributed by atoms with E-state index in [1.807, 2.05) is 6.07 Å². The van der Waals surface area contributed by atoms with Crippen molar-refractivity contribution in [3.63, 3.8) is 0 Å². The van der Waals surface area contributed by atoms with Crippen LogP contribution in [-0.4, -0.2) is 7.11 Å². The van der Waals surface area contributed by atoms with Gasteiger partial charge in [-0.05, 0) is 28.9 Å². The Labute approximate surface area is 79.7 Å². The fraction of sp³-hybridized carbons (Fsp3) is 0.333. The third kappa shape index (κ3) is 1.78. The minimum atomic E-state index is -1.00. The van der Waals surface area contributed by atoms with Crippen molar-refractivity contribution < 1.29 is 9.13 Å². The van der Waals surface area contributed by atoms with Crippen LogP contribution in [0.15, 0.2) is 22.7 Å². The molecule has 0 saturated carbocycles. The van der Waals surface area contributed by atoms with Crippen molar-refractivity contribution >= 4 is 15.9 Å². The maximum absolute atomic E-state index is 13.0. The van der Waals surface area contributed by atoms with Gasteiger partial charge in [0, 0.05) is 5.56 Å². The first-order chi connectivity index (χ1) is 5.66. The van der Waals surface area contributed by atoms with Crippen molar-refractivity contribution in [2.24, 2.45) is 0 Å². The van der Waals surface area contributed by atoms with E-state index < -0.39 is 6.17 Å². The predicted molar refractivity (Wildman–Crippen MR) is 50.2 cm³/mol. The molecule has 0 N–H and O–H groups in total. The smallest absolute Gasteiger partial charge is 0.139 e. The molecule has 0 aliphatic heterocycles. The monoisotopic (exact) mass is 232 g/mol. The summed E-state index contributed by atoms with van der Waals surface area (Å²) >= 11 is 3.28. The molecule has 0 amide bonds. The summed E-state index contributed by atoms with van der Waals surface area (Å²) in [5.41, 5.74) is 0.576. The highest BCUT2D eigenvalue weighted by atomic mass is 79.9. The SMILES string of the molecule is COc1c(Br)cccc1C(C)F. The van der Waals surface area contributed by atoms with Crippen molar-refractivity contribution in [1.29, 1.82) is 0 Å². The van der Waals surface area contributed by atoms with Gasteiger partial charge in [-0.3, -0.25) is 0 Å². The Morgan fingerprint density at radius 3 is 2.58 bits per heavy atom. The second-order valence-electron chi connectivity index (χ2n) is 2.48. The summed E-state index contributed by atoms with van der Waals surface area (Å²) in [7, 11) is 1.53. The van der Waals surface area contributed by atoms with E-state index in [0.717, 1.165) is 4.47 Å². The number of ether oxygens (including phenoxy) is 1. The number of alkyl halides is 1. The molecule has 0 aromatic heterocycles. The average molecular weight is 233 g/mol. The Hall–Kier alpha value is -0.570. The Kier molecular flexibility index (Phi) is 3.09. The first kappa shape index (κ1) is 9.52. The maximum atomic E-state index is 13.0. The number of hydrogen-bond donors (Lipinski definition) is 0. The van der Waals surface area contributed by atoms with Gasteiger partial charge in [-0.2, -0.15) is 0 Å². The van der Waals surface area contributed by atoms with E-state index in [-0.39, 0.29) is 0 Å². The first-order valence-corrected chi connectivity index (χ1v) is 4.42. The molecular weight excluding hydrogens is 223 g/mol. The van der Waals surface area contributed by atoms with Gasteiger partial charge in [-0.15, -0.1) is 0 Å². The topological polar surface area (TPSA) is 9.23 Å². The van der Waals surface area contributed by atoms with Crippen LogP contribution in [0.25, 0.3) is 0 Å². The van der Waals surface area contributed by atoms with Gasteiger partial charge in [0.15, 0.2) is 0 Å². The summed E-state index contributed by atoms with van der Waals surface area (Å²) in [5.74, 6) is 0.576. The van der Waals surface area contributed by atoms with E-state index in [0.29, 0.717) is 11.3 Å². The van der Waals surface area contributed by atoms with Crippen LogP contribution in [0.4, 0.5) is 4.39 Å². The van der Waals surface area contributed by atoms with Crippen molar-refractivity contribution in [2.75, 3.05) is 7.11 Å². The van der Waals surface area contributed by atoms with Crippen LogP contribution in [0, 0.1) is 0 Å². The molecule has 0 fully saturated rings. The molecule has 1 aromatic rings. The summed E-state index contributed by atoms with van der Waals surface area (Å²) in [6, 6.07) is 5.33. The van der Waals surface area contributed by atoms with Crippen LogP contribution in [0.3, 0.4) is 0 Å². The van der Waals surface area contributed by atoms with E-state index in [9.17, 15) is 4.39 Å². The largest absolute Gasteiger partial charge is 0.495 e. The lowest BCUT2D eigenvalue weighted by atomic mass is 10.1. The highest BCUT2D eigenvalue weighted by Gasteiger charge is 2.11. The third-order valence-corrected chi connectivity index (χ3v) is 2.25. The summed E-state index contributed by atoms with van der Waals surface area (Å²) in [5, 5.41) is 0. The molecule has 0 saturated heterocycles. The summed E-state index contributed by atoms with van der Waals surface area (Å²) in [6.07, 6.45) is -1.00. The number of para-hydroxylation sites is 1. The van der Waals surface area contributed by atoms with Gasteiger partial charge < -0.3 is 4.74 Å². The van der Waals surface area contributed by atoms with Crippen LogP contribution in [0.1, 0.15) is 18.7 Å². The van der Waals surface area contributed by atoms with Gasteiger partial charge in [0.25, 0.3) is 0 Å². The highest BCUT2D eigenvalue weighted by Crippen LogP contribution is 2.33. The van der Waals surface area contributed by atoms with Crippen LogP contribution >= 0.6 is 15.9 Å². The number of rotatable bonds is 2. The maximum Gasteiger partial charge on any atom is 0.139 e. The lowest BCUT2D eigenvalue weighted by molar-refractivity contribution is 0.345. The first-order valence-electron chi connectivity index (χ1n) is 3.63. The minimum absolute atomic E-state index is 0.576. The van der Waals surface area contributed by atoms with Crippen LogP contribution in [0.2, 0.25) is 0 Å². The Morgan fingerprint density at radius 2 is 2.17 bits per heavy atom. The lowest BCUT2D eigenvalue weighted by Crippen LogP contribution is -1.93. The van der Waals surface area contributed by atoms with E-state index in [1.54, 1.807) is 12.1 Å². The quantitative estimate of drug-likeness (QED) is 0.759. The van der Waals surface area contributed by atoms with Gasteiger partial charge in [-0.1, -0.05) is 12.1 Å². The van der Waals surface area contributed by atoms with Crippen LogP contribution in [0.5, 0.6) is 5.75 Å². The molecule has 0 aliphatic rings. The fourth-order valence-corrected chi connectivity index (χ4v) is 1.60. The van der Waals surface area contributed by atoms with Gasteiger partial charge >= 0.3 is 0 Å². The standard InChI is InChI=1S/C9H10BrFO/c1-6(11)7-4-3-5-8(10)9(7)12-2/h3-6H,1-2H3. The zero-order chi connectivity index (χ0) is 9.14. The molecule has 0 bridgehead atoms.